The van der Waals surface area contributed by atoms with Crippen molar-refractivity contribution in [1.29, 1.82) is 0 Å². The quantitative estimate of drug-likeness (QED) is 0.712. The molecule has 0 aliphatic rings. The standard InChI is InChI=1S/C8H7ClN2O2/c9-5-3-1-2-4-6(7(5)12)11-8(10)13/h1-4H,(H3,10,11,12,13). The van der Waals surface area contributed by atoms with Gasteiger partial charge in [-0.1, -0.05) is 23.7 Å². The number of hydrogen-bond acceptors (Lipinski definition) is 2. The predicted octanol–water partition coefficient (Wildman–Crippen LogP) is 1.19. The van der Waals surface area contributed by atoms with Gasteiger partial charge >= 0.3 is 6.03 Å². The highest BCUT2D eigenvalue weighted by atomic mass is 35.5. The van der Waals surface area contributed by atoms with Gasteiger partial charge in [0, 0.05) is 0 Å². The van der Waals surface area contributed by atoms with E-state index in [9.17, 15) is 9.59 Å². The molecule has 0 saturated heterocycles. The van der Waals surface area contributed by atoms with Crippen LogP contribution in [0.25, 0.3) is 0 Å². The van der Waals surface area contributed by atoms with Gasteiger partial charge in [-0.2, -0.15) is 0 Å². The number of primary amides is 1. The number of carbonyl (C=O) groups excluding carboxylic acids is 1. The van der Waals surface area contributed by atoms with Crippen LogP contribution in [0.2, 0.25) is 5.02 Å². The van der Waals surface area contributed by atoms with Crippen LogP contribution in [0.1, 0.15) is 0 Å². The summed E-state index contributed by atoms with van der Waals surface area (Å²) < 4.78 is 0. The summed E-state index contributed by atoms with van der Waals surface area (Å²) in [4.78, 5) is 21.8. The summed E-state index contributed by atoms with van der Waals surface area (Å²) in [5, 5.41) is 2.21. The van der Waals surface area contributed by atoms with Crippen LogP contribution in [0, 0.1) is 0 Å². The lowest BCUT2D eigenvalue weighted by Crippen LogP contribution is -2.22. The molecule has 3 N–H and O–H groups in total. The van der Waals surface area contributed by atoms with Crippen LogP contribution in [-0.4, -0.2) is 6.03 Å². The molecule has 0 bridgehead atoms. The van der Waals surface area contributed by atoms with Gasteiger partial charge in [0.15, 0.2) is 0 Å². The molecular weight excluding hydrogens is 192 g/mol. The molecule has 0 spiro atoms. The Bertz CT molecular complexity index is 392. The molecule has 1 aromatic carbocycles. The second-order valence-electron chi connectivity index (χ2n) is 2.30. The van der Waals surface area contributed by atoms with E-state index in [1.165, 1.54) is 12.1 Å². The van der Waals surface area contributed by atoms with Gasteiger partial charge in [0.1, 0.15) is 0 Å². The molecule has 0 fully saturated rings. The van der Waals surface area contributed by atoms with Gasteiger partial charge in [0.25, 0.3) is 0 Å². The maximum atomic E-state index is 11.3. The number of nitrogens with two attached hydrogens (primary N) is 1. The molecule has 5 heteroatoms. The van der Waals surface area contributed by atoms with Crippen LogP contribution < -0.4 is 16.5 Å². The zero-order chi connectivity index (χ0) is 9.84. The van der Waals surface area contributed by atoms with Crippen LogP contribution in [0.3, 0.4) is 0 Å². The second-order valence-corrected chi connectivity index (χ2v) is 2.71. The Morgan fingerprint density at radius 2 is 2.00 bits per heavy atom. The van der Waals surface area contributed by atoms with E-state index in [2.05, 4.69) is 5.32 Å². The Hall–Kier alpha value is -1.55. The maximum Gasteiger partial charge on any atom is 0.316 e. The van der Waals surface area contributed by atoms with Crippen molar-refractivity contribution >= 4 is 23.3 Å². The molecule has 0 unspecified atom stereocenters. The lowest BCUT2D eigenvalue weighted by Gasteiger charge is -1.95. The molecule has 0 atom stereocenters. The SMILES string of the molecule is NC(=O)Nc1ccccc(Cl)c1=O. The van der Waals surface area contributed by atoms with E-state index in [0.717, 1.165) is 0 Å². The zero-order valence-electron chi connectivity index (χ0n) is 6.58. The number of amides is 2. The van der Waals surface area contributed by atoms with Crippen molar-refractivity contribution in [2.24, 2.45) is 5.73 Å². The first-order valence-electron chi connectivity index (χ1n) is 3.46. The molecule has 2 amide bonds. The van der Waals surface area contributed by atoms with E-state index in [-0.39, 0.29) is 10.7 Å². The average molecular weight is 199 g/mol. The van der Waals surface area contributed by atoms with Crippen LogP contribution in [0.5, 0.6) is 0 Å². The Kier molecular flexibility index (Phi) is 2.87. The summed E-state index contributed by atoms with van der Waals surface area (Å²) >= 11 is 5.58. The van der Waals surface area contributed by atoms with Gasteiger partial charge in [-0.05, 0) is 12.1 Å². The summed E-state index contributed by atoms with van der Waals surface area (Å²) in [6, 6.07) is 5.25. The summed E-state index contributed by atoms with van der Waals surface area (Å²) in [5.74, 6) is 0. The first-order chi connectivity index (χ1) is 6.11. The van der Waals surface area contributed by atoms with Gasteiger partial charge in [0.05, 0.1) is 10.7 Å². The zero-order valence-corrected chi connectivity index (χ0v) is 7.34. The Morgan fingerprint density at radius 1 is 1.38 bits per heavy atom. The number of anilines is 1. The molecule has 4 nitrogen and oxygen atoms in total. The Morgan fingerprint density at radius 3 is 2.62 bits per heavy atom. The second kappa shape index (κ2) is 3.91. The third-order valence-corrected chi connectivity index (χ3v) is 1.63. The fourth-order valence-corrected chi connectivity index (χ4v) is 0.978. The van der Waals surface area contributed by atoms with Crippen molar-refractivity contribution in [3.05, 3.63) is 39.5 Å². The average Bonchev–Trinajstić information content (AvgIpc) is 2.19. The third-order valence-electron chi connectivity index (χ3n) is 1.34. The summed E-state index contributed by atoms with van der Waals surface area (Å²) in [6.07, 6.45) is 0. The molecule has 0 aromatic heterocycles. The molecule has 68 valence electrons. The lowest BCUT2D eigenvalue weighted by atomic mass is 10.4. The number of urea groups is 1. The molecule has 0 radical (unpaired) electrons. The largest absolute Gasteiger partial charge is 0.351 e. The first-order valence-corrected chi connectivity index (χ1v) is 3.84. The van der Waals surface area contributed by atoms with Crippen molar-refractivity contribution in [2.75, 3.05) is 5.32 Å². The van der Waals surface area contributed by atoms with Crippen molar-refractivity contribution in [2.45, 2.75) is 0 Å². The van der Waals surface area contributed by atoms with Crippen LogP contribution in [0.15, 0.2) is 29.1 Å². The molecule has 0 aliphatic carbocycles. The van der Waals surface area contributed by atoms with Gasteiger partial charge in [0.2, 0.25) is 5.43 Å². The molecular formula is C8H7ClN2O2. The molecule has 13 heavy (non-hydrogen) atoms. The van der Waals surface area contributed by atoms with E-state index in [4.69, 9.17) is 17.3 Å². The Labute approximate surface area is 79.3 Å². The normalized spacial score (nSPS) is 9.31. The van der Waals surface area contributed by atoms with E-state index >= 15 is 0 Å². The molecule has 0 aliphatic heterocycles. The highest BCUT2D eigenvalue weighted by molar-refractivity contribution is 6.30. The summed E-state index contributed by atoms with van der Waals surface area (Å²) in [7, 11) is 0. The first kappa shape index (κ1) is 9.54. The van der Waals surface area contributed by atoms with E-state index in [1.807, 2.05) is 0 Å². The molecule has 0 saturated carbocycles. The Balaban J connectivity index is 3.24. The lowest BCUT2D eigenvalue weighted by molar-refractivity contribution is 0.259. The number of nitrogens with one attached hydrogen (secondary N) is 1. The van der Waals surface area contributed by atoms with Crippen molar-refractivity contribution in [3.63, 3.8) is 0 Å². The topological polar surface area (TPSA) is 72.2 Å². The fourth-order valence-electron chi connectivity index (χ4n) is 0.803. The monoisotopic (exact) mass is 198 g/mol. The third kappa shape index (κ3) is 2.45. The van der Waals surface area contributed by atoms with Crippen molar-refractivity contribution in [1.82, 2.24) is 0 Å². The highest BCUT2D eigenvalue weighted by Crippen LogP contribution is 2.04. The fraction of sp³-hybridized carbons (Fsp3) is 0. The summed E-state index contributed by atoms with van der Waals surface area (Å²) in [6.45, 7) is 0. The minimum absolute atomic E-state index is 0.0359. The van der Waals surface area contributed by atoms with Gasteiger partial charge in [-0.25, -0.2) is 4.79 Å². The van der Waals surface area contributed by atoms with E-state index < -0.39 is 11.5 Å². The van der Waals surface area contributed by atoms with Crippen LogP contribution >= 0.6 is 11.6 Å². The predicted molar refractivity (Wildman–Crippen MR) is 50.9 cm³/mol. The van der Waals surface area contributed by atoms with Gasteiger partial charge < -0.3 is 11.1 Å². The molecule has 1 rings (SSSR count). The smallest absolute Gasteiger partial charge is 0.316 e. The maximum absolute atomic E-state index is 11.3. The van der Waals surface area contributed by atoms with Crippen molar-refractivity contribution in [3.8, 4) is 0 Å². The van der Waals surface area contributed by atoms with Gasteiger partial charge in [-0.15, -0.1) is 0 Å². The number of hydrogen-bond donors (Lipinski definition) is 2. The minimum atomic E-state index is -0.792. The molecule has 1 aromatic rings. The number of halogens is 1. The molecule has 0 heterocycles. The van der Waals surface area contributed by atoms with E-state index in [1.54, 1.807) is 12.1 Å². The van der Waals surface area contributed by atoms with Crippen molar-refractivity contribution < 1.29 is 4.79 Å². The number of rotatable bonds is 1. The summed E-state index contributed by atoms with van der Waals surface area (Å²) in [5.41, 5.74) is 4.47. The minimum Gasteiger partial charge on any atom is -0.351 e. The highest BCUT2D eigenvalue weighted by Gasteiger charge is 2.01. The van der Waals surface area contributed by atoms with E-state index in [0.29, 0.717) is 0 Å². The number of carbonyl (C=O) groups is 1. The van der Waals surface area contributed by atoms with Crippen LogP contribution in [-0.2, 0) is 0 Å². The van der Waals surface area contributed by atoms with Gasteiger partial charge in [-0.3, -0.25) is 4.79 Å². The van der Waals surface area contributed by atoms with Crippen LogP contribution in [0.4, 0.5) is 10.5 Å².